The van der Waals surface area contributed by atoms with E-state index in [4.69, 9.17) is 4.74 Å². The summed E-state index contributed by atoms with van der Waals surface area (Å²) in [5.74, 6) is -1.01. The van der Waals surface area contributed by atoms with E-state index in [0.29, 0.717) is 0 Å². The van der Waals surface area contributed by atoms with Gasteiger partial charge in [0.15, 0.2) is 0 Å². The van der Waals surface area contributed by atoms with Crippen LogP contribution < -0.4 is 0 Å². The van der Waals surface area contributed by atoms with Crippen LogP contribution in [-0.2, 0) is 4.74 Å². The molecule has 0 N–H and O–H groups in total. The first kappa shape index (κ1) is 12.4. The Morgan fingerprint density at radius 1 is 1.44 bits per heavy atom. The Bertz CT molecular complexity index is 416. The minimum absolute atomic E-state index is 0.178. The Morgan fingerprint density at radius 2 is 2.06 bits per heavy atom. The second-order valence-electron chi connectivity index (χ2n) is 4.41. The molecule has 0 atom stereocenters. The molecule has 1 rings (SSSR count). The number of carbonyl (C=O) groups excluding carboxylic acids is 1. The summed E-state index contributed by atoms with van der Waals surface area (Å²) in [6, 6.07) is 4.28. The van der Waals surface area contributed by atoms with E-state index in [1.165, 1.54) is 24.3 Å². The van der Waals surface area contributed by atoms with Gasteiger partial charge in [-0.15, -0.1) is 0 Å². The molecule has 0 aliphatic heterocycles. The van der Waals surface area contributed by atoms with Crippen LogP contribution in [0.2, 0.25) is 0 Å². The Hall–Kier alpha value is -1.64. The van der Waals surface area contributed by atoms with Gasteiger partial charge >= 0.3 is 5.97 Å². The Labute approximate surface area is 94.7 Å². The average molecular weight is 222 g/mol. The monoisotopic (exact) mass is 222 g/mol. The third kappa shape index (κ3) is 2.92. The fourth-order valence-electron chi connectivity index (χ4n) is 1.26. The van der Waals surface area contributed by atoms with E-state index in [9.17, 15) is 9.18 Å². The molecule has 0 saturated carbocycles. The largest absolute Gasteiger partial charge is 0.456 e. The van der Waals surface area contributed by atoms with Gasteiger partial charge < -0.3 is 4.74 Å². The molecule has 16 heavy (non-hydrogen) atoms. The number of carbonyl (C=O) groups is 1. The molecule has 0 unspecified atom stereocenters. The van der Waals surface area contributed by atoms with E-state index in [1.54, 1.807) is 20.8 Å². The van der Waals surface area contributed by atoms with E-state index in [-0.39, 0.29) is 11.1 Å². The Balaban J connectivity index is 3.09. The van der Waals surface area contributed by atoms with Crippen LogP contribution >= 0.6 is 0 Å². The normalized spacial score (nSPS) is 11.0. The summed E-state index contributed by atoms with van der Waals surface area (Å²) in [6.07, 6.45) is 1.31. The highest BCUT2D eigenvalue weighted by Crippen LogP contribution is 2.18. The van der Waals surface area contributed by atoms with Crippen LogP contribution in [0.25, 0.3) is 6.08 Å². The van der Waals surface area contributed by atoms with Gasteiger partial charge in [-0.05, 0) is 32.9 Å². The van der Waals surface area contributed by atoms with Crippen molar-refractivity contribution < 1.29 is 13.9 Å². The molecule has 1 aromatic carbocycles. The van der Waals surface area contributed by atoms with Gasteiger partial charge in [0.25, 0.3) is 0 Å². The summed E-state index contributed by atoms with van der Waals surface area (Å²) in [4.78, 5) is 11.8. The van der Waals surface area contributed by atoms with Crippen LogP contribution in [-0.4, -0.2) is 11.6 Å². The summed E-state index contributed by atoms with van der Waals surface area (Å²) in [5.41, 5.74) is -0.219. The zero-order valence-electron chi connectivity index (χ0n) is 9.71. The standard InChI is InChI=1S/C13H15FO2/c1-5-9-10(7-6-8-11(9)14)12(15)16-13(2,3)4/h5-8H,1H2,2-4H3. The number of benzene rings is 1. The van der Waals surface area contributed by atoms with Gasteiger partial charge in [-0.2, -0.15) is 0 Å². The highest BCUT2D eigenvalue weighted by molar-refractivity contribution is 5.93. The van der Waals surface area contributed by atoms with Crippen LogP contribution in [0, 0.1) is 5.82 Å². The minimum Gasteiger partial charge on any atom is -0.456 e. The first-order chi connectivity index (χ1) is 7.35. The van der Waals surface area contributed by atoms with Crippen LogP contribution in [0.1, 0.15) is 36.7 Å². The molecule has 0 heterocycles. The van der Waals surface area contributed by atoms with Gasteiger partial charge in [0.2, 0.25) is 0 Å². The van der Waals surface area contributed by atoms with Gasteiger partial charge in [0.05, 0.1) is 5.56 Å². The van der Waals surface area contributed by atoms with Crippen molar-refractivity contribution in [2.75, 3.05) is 0 Å². The van der Waals surface area contributed by atoms with Crippen molar-refractivity contribution >= 4 is 12.0 Å². The minimum atomic E-state index is -0.595. The molecule has 0 aromatic heterocycles. The van der Waals surface area contributed by atoms with E-state index in [1.807, 2.05) is 0 Å². The number of hydrogen-bond donors (Lipinski definition) is 0. The van der Waals surface area contributed by atoms with Crippen molar-refractivity contribution in [3.05, 3.63) is 41.7 Å². The topological polar surface area (TPSA) is 26.3 Å². The van der Waals surface area contributed by atoms with Crippen molar-refractivity contribution in [2.24, 2.45) is 0 Å². The fourth-order valence-corrected chi connectivity index (χ4v) is 1.26. The summed E-state index contributed by atoms with van der Waals surface area (Å²) >= 11 is 0. The Morgan fingerprint density at radius 3 is 2.56 bits per heavy atom. The summed E-state index contributed by atoms with van der Waals surface area (Å²) in [7, 11) is 0. The van der Waals surface area contributed by atoms with E-state index < -0.39 is 17.4 Å². The van der Waals surface area contributed by atoms with Crippen molar-refractivity contribution in [2.45, 2.75) is 26.4 Å². The number of rotatable bonds is 2. The number of halogens is 1. The zero-order chi connectivity index (χ0) is 12.3. The quantitative estimate of drug-likeness (QED) is 0.716. The molecule has 1 aromatic rings. The zero-order valence-corrected chi connectivity index (χ0v) is 9.71. The fraction of sp³-hybridized carbons (Fsp3) is 0.308. The molecule has 0 radical (unpaired) electrons. The first-order valence-corrected chi connectivity index (χ1v) is 4.99. The van der Waals surface area contributed by atoms with Gasteiger partial charge in [-0.3, -0.25) is 0 Å². The van der Waals surface area contributed by atoms with Gasteiger partial charge in [-0.1, -0.05) is 18.7 Å². The maximum atomic E-state index is 13.4. The predicted molar refractivity (Wildman–Crippen MR) is 61.7 cm³/mol. The van der Waals surface area contributed by atoms with Crippen molar-refractivity contribution in [1.29, 1.82) is 0 Å². The number of esters is 1. The molecule has 0 amide bonds. The number of ether oxygens (including phenoxy) is 1. The molecule has 0 bridgehead atoms. The Kier molecular flexibility index (Phi) is 3.48. The van der Waals surface area contributed by atoms with Crippen molar-refractivity contribution in [3.63, 3.8) is 0 Å². The lowest BCUT2D eigenvalue weighted by molar-refractivity contribution is 0.00688. The van der Waals surface area contributed by atoms with Crippen molar-refractivity contribution in [1.82, 2.24) is 0 Å². The van der Waals surface area contributed by atoms with Crippen LogP contribution in [0.4, 0.5) is 4.39 Å². The maximum absolute atomic E-state index is 13.4. The highest BCUT2D eigenvalue weighted by Gasteiger charge is 2.20. The second kappa shape index (κ2) is 4.47. The summed E-state index contributed by atoms with van der Waals surface area (Å²) < 4.78 is 18.5. The summed E-state index contributed by atoms with van der Waals surface area (Å²) in [6.45, 7) is 8.77. The van der Waals surface area contributed by atoms with E-state index >= 15 is 0 Å². The molecule has 86 valence electrons. The number of hydrogen-bond acceptors (Lipinski definition) is 2. The first-order valence-electron chi connectivity index (χ1n) is 4.99. The lowest BCUT2D eigenvalue weighted by Crippen LogP contribution is -2.24. The smallest absolute Gasteiger partial charge is 0.339 e. The molecule has 0 aliphatic rings. The van der Waals surface area contributed by atoms with Gasteiger partial charge in [-0.25, -0.2) is 9.18 Å². The lowest BCUT2D eigenvalue weighted by Gasteiger charge is -2.20. The SMILES string of the molecule is C=Cc1c(F)cccc1C(=O)OC(C)(C)C. The molecular weight excluding hydrogens is 207 g/mol. The third-order valence-electron chi connectivity index (χ3n) is 1.88. The van der Waals surface area contributed by atoms with Crippen LogP contribution in [0.5, 0.6) is 0 Å². The van der Waals surface area contributed by atoms with E-state index in [2.05, 4.69) is 6.58 Å². The predicted octanol–water partition coefficient (Wildman–Crippen LogP) is 3.42. The lowest BCUT2D eigenvalue weighted by atomic mass is 10.1. The van der Waals surface area contributed by atoms with Gasteiger partial charge in [0.1, 0.15) is 11.4 Å². The molecular formula is C13H15FO2. The summed E-state index contributed by atoms with van der Waals surface area (Å²) in [5, 5.41) is 0. The molecule has 0 fully saturated rings. The van der Waals surface area contributed by atoms with Crippen LogP contribution in [0.3, 0.4) is 0 Å². The van der Waals surface area contributed by atoms with E-state index in [0.717, 1.165) is 0 Å². The van der Waals surface area contributed by atoms with Crippen LogP contribution in [0.15, 0.2) is 24.8 Å². The molecule has 3 heteroatoms. The highest BCUT2D eigenvalue weighted by atomic mass is 19.1. The molecule has 2 nitrogen and oxygen atoms in total. The average Bonchev–Trinajstić information content (AvgIpc) is 2.14. The van der Waals surface area contributed by atoms with Gasteiger partial charge in [0, 0.05) is 5.56 Å². The molecule has 0 aliphatic carbocycles. The van der Waals surface area contributed by atoms with Crippen molar-refractivity contribution in [3.8, 4) is 0 Å². The maximum Gasteiger partial charge on any atom is 0.339 e. The molecule has 0 spiro atoms. The molecule has 0 saturated heterocycles. The second-order valence-corrected chi connectivity index (χ2v) is 4.41. The third-order valence-corrected chi connectivity index (χ3v) is 1.88.